The van der Waals surface area contributed by atoms with Gasteiger partial charge in [-0.3, -0.25) is 9.10 Å². The fourth-order valence-corrected chi connectivity index (χ4v) is 6.58. The lowest BCUT2D eigenvalue weighted by Gasteiger charge is -2.27. The summed E-state index contributed by atoms with van der Waals surface area (Å²) in [6.07, 6.45) is -1.20. The maximum Gasteiger partial charge on any atom is 0.351 e. The molecule has 0 amide bonds. The SMILES string of the molecule is COC(=O)CN(c1ccc(OC(C(=O)OC)c2ccc(OC(C)C)cc2)c2ccccc12)S(=O)(=O)c1c(OC)cc(OC)cc1OC. The fraction of sp³-hybridized carbons (Fsp3) is 0.294. The molecule has 47 heavy (non-hydrogen) atoms. The van der Waals surface area contributed by atoms with E-state index in [4.69, 9.17) is 33.2 Å². The molecule has 0 aromatic heterocycles. The summed E-state index contributed by atoms with van der Waals surface area (Å²) in [6.45, 7) is 3.13. The highest BCUT2D eigenvalue weighted by atomic mass is 32.2. The van der Waals surface area contributed by atoms with Gasteiger partial charge in [-0.05, 0) is 38.1 Å². The number of carbonyl (C=O) groups is 2. The van der Waals surface area contributed by atoms with Gasteiger partial charge in [0, 0.05) is 28.5 Å². The topological polar surface area (TPSA) is 136 Å². The smallest absolute Gasteiger partial charge is 0.351 e. The predicted molar refractivity (Wildman–Crippen MR) is 174 cm³/mol. The Morgan fingerprint density at radius 3 is 1.85 bits per heavy atom. The van der Waals surface area contributed by atoms with E-state index in [1.54, 1.807) is 48.5 Å². The molecule has 0 aliphatic heterocycles. The normalized spacial score (nSPS) is 11.8. The van der Waals surface area contributed by atoms with Crippen molar-refractivity contribution in [3.05, 3.63) is 78.4 Å². The summed E-state index contributed by atoms with van der Waals surface area (Å²) >= 11 is 0. The number of nitrogens with zero attached hydrogens (tertiary/aromatic N) is 1. The maximum absolute atomic E-state index is 14.5. The molecule has 4 rings (SSSR count). The van der Waals surface area contributed by atoms with Crippen molar-refractivity contribution in [1.29, 1.82) is 0 Å². The lowest BCUT2D eigenvalue weighted by atomic mass is 10.1. The summed E-state index contributed by atoms with van der Waals surface area (Å²) in [5.41, 5.74) is 0.637. The standard InChI is InChI=1S/C34H37NO11S/c1-21(2)45-23-14-12-22(13-15-23)32(34(37)44-7)46-28-17-16-27(25-10-8-9-11-26(25)28)35(20-31(36)43-6)47(38,39)33-29(41-4)18-24(40-3)19-30(33)42-5/h8-19,21,32H,20H2,1-7H3. The number of sulfonamides is 1. The second-order valence-corrected chi connectivity index (χ2v) is 12.1. The van der Waals surface area contributed by atoms with Crippen LogP contribution in [0.3, 0.4) is 0 Å². The third-order valence-electron chi connectivity index (χ3n) is 7.06. The summed E-state index contributed by atoms with van der Waals surface area (Å²) in [6, 6.07) is 19.5. The first-order valence-electron chi connectivity index (χ1n) is 14.4. The molecule has 0 N–H and O–H groups in total. The monoisotopic (exact) mass is 667 g/mol. The van der Waals surface area contributed by atoms with Gasteiger partial charge in [0.25, 0.3) is 10.0 Å². The lowest BCUT2D eigenvalue weighted by molar-refractivity contribution is -0.149. The molecule has 12 nitrogen and oxygen atoms in total. The van der Waals surface area contributed by atoms with Gasteiger partial charge in [0.05, 0.1) is 47.3 Å². The zero-order valence-electron chi connectivity index (χ0n) is 27.1. The summed E-state index contributed by atoms with van der Waals surface area (Å²) in [7, 11) is 1.88. The Hall–Kier alpha value is -5.17. The van der Waals surface area contributed by atoms with Crippen LogP contribution in [-0.4, -0.2) is 68.6 Å². The number of anilines is 1. The van der Waals surface area contributed by atoms with Crippen molar-refractivity contribution in [1.82, 2.24) is 0 Å². The van der Waals surface area contributed by atoms with Gasteiger partial charge in [-0.25, -0.2) is 13.2 Å². The first-order valence-corrected chi connectivity index (χ1v) is 15.8. The van der Waals surface area contributed by atoms with Crippen molar-refractivity contribution >= 4 is 38.4 Å². The van der Waals surface area contributed by atoms with Crippen LogP contribution in [0.2, 0.25) is 0 Å². The molecule has 0 bridgehead atoms. The molecule has 0 radical (unpaired) electrons. The second kappa shape index (κ2) is 14.9. The number of methoxy groups -OCH3 is 5. The molecule has 13 heteroatoms. The zero-order chi connectivity index (χ0) is 34.3. The molecule has 4 aromatic rings. The Bertz CT molecular complexity index is 1810. The van der Waals surface area contributed by atoms with Crippen LogP contribution >= 0.6 is 0 Å². The van der Waals surface area contributed by atoms with E-state index in [9.17, 15) is 18.0 Å². The minimum atomic E-state index is -4.57. The van der Waals surface area contributed by atoms with Gasteiger partial charge in [-0.1, -0.05) is 36.4 Å². The van der Waals surface area contributed by atoms with Gasteiger partial charge in [0.2, 0.25) is 6.10 Å². The number of benzene rings is 4. The molecule has 0 aliphatic rings. The van der Waals surface area contributed by atoms with Crippen molar-refractivity contribution in [3.63, 3.8) is 0 Å². The maximum atomic E-state index is 14.5. The van der Waals surface area contributed by atoms with Gasteiger partial charge in [-0.2, -0.15) is 0 Å². The van der Waals surface area contributed by atoms with Crippen molar-refractivity contribution < 1.29 is 51.2 Å². The largest absolute Gasteiger partial charge is 0.496 e. The van der Waals surface area contributed by atoms with Crippen molar-refractivity contribution in [2.75, 3.05) is 46.4 Å². The molecule has 4 aromatic carbocycles. The molecule has 0 saturated heterocycles. The van der Waals surface area contributed by atoms with E-state index in [0.29, 0.717) is 27.8 Å². The van der Waals surface area contributed by atoms with Crippen LogP contribution in [-0.2, 0) is 29.1 Å². The quantitative estimate of drug-likeness (QED) is 0.162. The summed E-state index contributed by atoms with van der Waals surface area (Å²) in [5, 5.41) is 0.852. The van der Waals surface area contributed by atoms with Crippen LogP contribution in [0.1, 0.15) is 25.5 Å². The van der Waals surface area contributed by atoms with E-state index in [-0.39, 0.29) is 33.9 Å². The average molecular weight is 668 g/mol. The summed E-state index contributed by atoms with van der Waals surface area (Å²) < 4.78 is 67.9. The van der Waals surface area contributed by atoms with E-state index in [1.165, 1.54) is 52.7 Å². The van der Waals surface area contributed by atoms with Gasteiger partial charge in [0.1, 0.15) is 35.3 Å². The highest BCUT2D eigenvalue weighted by Crippen LogP contribution is 2.43. The number of rotatable bonds is 14. The third-order valence-corrected chi connectivity index (χ3v) is 8.89. The van der Waals surface area contributed by atoms with Gasteiger partial charge < -0.3 is 33.2 Å². The van der Waals surface area contributed by atoms with Crippen molar-refractivity contribution in [2.45, 2.75) is 31.0 Å². The Balaban J connectivity index is 1.87. The third kappa shape index (κ3) is 7.46. The zero-order valence-corrected chi connectivity index (χ0v) is 28.0. The minimum Gasteiger partial charge on any atom is -0.496 e. The second-order valence-electron chi connectivity index (χ2n) is 10.3. The van der Waals surface area contributed by atoms with E-state index in [1.807, 2.05) is 13.8 Å². The molecule has 0 saturated carbocycles. The number of fused-ring (bicyclic) bond motifs is 1. The Labute approximate surface area is 273 Å². The fourth-order valence-electron chi connectivity index (χ4n) is 4.87. The van der Waals surface area contributed by atoms with Gasteiger partial charge in [-0.15, -0.1) is 0 Å². The number of esters is 2. The van der Waals surface area contributed by atoms with Crippen LogP contribution in [0, 0.1) is 0 Å². The van der Waals surface area contributed by atoms with E-state index < -0.39 is 34.6 Å². The van der Waals surface area contributed by atoms with Crippen LogP contribution < -0.4 is 28.0 Å². The van der Waals surface area contributed by atoms with Crippen LogP contribution in [0.25, 0.3) is 10.8 Å². The minimum absolute atomic E-state index is 0.0344. The number of carbonyl (C=O) groups excluding carboxylic acids is 2. The molecular weight excluding hydrogens is 630 g/mol. The molecular formula is C34H37NO11S. The molecule has 0 fully saturated rings. The Morgan fingerprint density at radius 2 is 1.32 bits per heavy atom. The predicted octanol–water partition coefficient (Wildman–Crippen LogP) is 5.31. The molecule has 1 atom stereocenters. The van der Waals surface area contributed by atoms with E-state index >= 15 is 0 Å². The number of ether oxygens (including phenoxy) is 7. The van der Waals surface area contributed by atoms with Crippen LogP contribution in [0.5, 0.6) is 28.7 Å². The van der Waals surface area contributed by atoms with Crippen LogP contribution in [0.15, 0.2) is 77.7 Å². The van der Waals surface area contributed by atoms with Gasteiger partial charge in [0.15, 0.2) is 4.90 Å². The first kappa shape index (κ1) is 34.7. The highest BCUT2D eigenvalue weighted by molar-refractivity contribution is 7.93. The Morgan fingerprint density at radius 1 is 0.702 bits per heavy atom. The highest BCUT2D eigenvalue weighted by Gasteiger charge is 2.35. The van der Waals surface area contributed by atoms with E-state index in [2.05, 4.69) is 0 Å². The van der Waals surface area contributed by atoms with Crippen molar-refractivity contribution in [3.8, 4) is 28.7 Å². The average Bonchev–Trinajstić information content (AvgIpc) is 3.08. The Kier molecular flexibility index (Phi) is 11.0. The molecule has 0 aliphatic carbocycles. The first-order chi connectivity index (χ1) is 22.5. The van der Waals surface area contributed by atoms with E-state index in [0.717, 1.165) is 11.4 Å². The molecule has 250 valence electrons. The van der Waals surface area contributed by atoms with Crippen LogP contribution in [0.4, 0.5) is 5.69 Å². The molecule has 0 spiro atoms. The number of hydrogen-bond donors (Lipinski definition) is 0. The summed E-state index contributed by atoms with van der Waals surface area (Å²) in [4.78, 5) is 25.3. The lowest BCUT2D eigenvalue weighted by Crippen LogP contribution is -2.37. The molecule has 1 unspecified atom stereocenters. The van der Waals surface area contributed by atoms with Gasteiger partial charge >= 0.3 is 11.9 Å². The van der Waals surface area contributed by atoms with Crippen molar-refractivity contribution in [2.24, 2.45) is 0 Å². The summed E-state index contributed by atoms with van der Waals surface area (Å²) in [5.74, 6) is -0.413. The number of hydrogen-bond acceptors (Lipinski definition) is 11. The molecule has 0 heterocycles.